The number of carboxylic acid groups (broad SMARTS) is 1. The molecule has 1 rings (SSSR count). The maximum atomic E-state index is 12.1. The average Bonchev–Trinajstić information content (AvgIpc) is 2.62. The summed E-state index contributed by atoms with van der Waals surface area (Å²) in [5.41, 5.74) is 0. The van der Waals surface area contributed by atoms with E-state index in [4.69, 9.17) is 5.11 Å². The monoisotopic (exact) mass is 292 g/mol. The zero-order chi connectivity index (χ0) is 14.8. The number of ether oxygens (including phenoxy) is 1. The van der Waals surface area contributed by atoms with Crippen LogP contribution in [-0.4, -0.2) is 29.5 Å². The van der Waals surface area contributed by atoms with Gasteiger partial charge in [-0.2, -0.15) is 26.3 Å². The van der Waals surface area contributed by atoms with Crippen LogP contribution in [0.2, 0.25) is 0 Å². The Bertz CT molecular complexity index is 432. The van der Waals surface area contributed by atoms with Gasteiger partial charge in [-0.05, 0) is 12.1 Å². The lowest BCUT2D eigenvalue weighted by Crippen LogP contribution is -2.44. The molecule has 0 radical (unpaired) electrons. The molecule has 0 aliphatic heterocycles. The third-order valence-corrected chi connectivity index (χ3v) is 1.86. The predicted octanol–water partition coefficient (Wildman–Crippen LogP) is 2.99. The minimum Gasteiger partial charge on any atom is -0.475 e. The molecule has 0 amide bonds. The summed E-state index contributed by atoms with van der Waals surface area (Å²) >= 11 is 0. The van der Waals surface area contributed by atoms with Crippen molar-refractivity contribution in [3.63, 3.8) is 0 Å². The van der Waals surface area contributed by atoms with E-state index in [2.05, 4.69) is 9.15 Å². The molecular formula is C9H6F6O4. The molecule has 1 heterocycles. The Morgan fingerprint density at radius 3 is 2.11 bits per heavy atom. The van der Waals surface area contributed by atoms with E-state index < -0.39 is 42.6 Å². The number of carbonyl (C=O) groups is 1. The van der Waals surface area contributed by atoms with Crippen LogP contribution in [0.1, 0.15) is 16.3 Å². The molecule has 0 saturated carbocycles. The molecule has 0 fully saturated rings. The summed E-state index contributed by atoms with van der Waals surface area (Å²) in [5, 5.41) is 8.44. The summed E-state index contributed by atoms with van der Waals surface area (Å²) in [4.78, 5) is 10.4. The topological polar surface area (TPSA) is 59.7 Å². The van der Waals surface area contributed by atoms with Gasteiger partial charge >= 0.3 is 18.3 Å². The van der Waals surface area contributed by atoms with E-state index in [1.165, 1.54) is 0 Å². The van der Waals surface area contributed by atoms with E-state index in [0.29, 0.717) is 0 Å². The van der Waals surface area contributed by atoms with Gasteiger partial charge in [-0.3, -0.25) is 0 Å². The molecule has 10 heteroatoms. The Balaban J connectivity index is 2.74. The maximum absolute atomic E-state index is 12.1. The zero-order valence-electron chi connectivity index (χ0n) is 8.88. The second-order valence-electron chi connectivity index (χ2n) is 3.35. The van der Waals surface area contributed by atoms with Gasteiger partial charge in [-0.25, -0.2) is 4.79 Å². The highest BCUT2D eigenvalue weighted by atomic mass is 19.4. The third-order valence-electron chi connectivity index (χ3n) is 1.86. The average molecular weight is 292 g/mol. The molecule has 0 atom stereocenters. The second kappa shape index (κ2) is 5.11. The van der Waals surface area contributed by atoms with E-state index in [9.17, 15) is 31.1 Å². The van der Waals surface area contributed by atoms with Gasteiger partial charge in [0.1, 0.15) is 12.4 Å². The van der Waals surface area contributed by atoms with Gasteiger partial charge in [-0.1, -0.05) is 0 Å². The van der Waals surface area contributed by atoms with Gasteiger partial charge in [0.25, 0.3) is 0 Å². The van der Waals surface area contributed by atoms with Crippen LogP contribution in [0.4, 0.5) is 26.3 Å². The standard InChI is InChI=1S/C9H6F6O4/c10-8(11,12)7(9(13,14)15)18-3-4-1-2-5(19-4)6(16)17/h1-2,7H,3H2,(H,16,17). The molecule has 1 N–H and O–H groups in total. The van der Waals surface area contributed by atoms with E-state index in [-0.39, 0.29) is 0 Å². The molecule has 1 aromatic rings. The highest BCUT2D eigenvalue weighted by Crippen LogP contribution is 2.36. The lowest BCUT2D eigenvalue weighted by atomic mass is 10.3. The van der Waals surface area contributed by atoms with Crippen LogP contribution in [-0.2, 0) is 11.3 Å². The van der Waals surface area contributed by atoms with Crippen molar-refractivity contribution in [2.24, 2.45) is 0 Å². The summed E-state index contributed by atoms with van der Waals surface area (Å²) < 4.78 is 80.7. The Labute approximate surface area is 101 Å². The van der Waals surface area contributed by atoms with E-state index >= 15 is 0 Å². The molecule has 108 valence electrons. The largest absolute Gasteiger partial charge is 0.475 e. The smallest absolute Gasteiger partial charge is 0.423 e. The fraction of sp³-hybridized carbons (Fsp3) is 0.444. The molecule has 1 aromatic heterocycles. The number of hydrogen-bond donors (Lipinski definition) is 1. The van der Waals surface area contributed by atoms with Crippen molar-refractivity contribution >= 4 is 5.97 Å². The molecule has 0 aliphatic rings. The molecule has 0 saturated heterocycles. The molecule has 19 heavy (non-hydrogen) atoms. The summed E-state index contributed by atoms with van der Waals surface area (Å²) in [6, 6.07) is 1.80. The van der Waals surface area contributed by atoms with Crippen molar-refractivity contribution in [1.29, 1.82) is 0 Å². The van der Waals surface area contributed by atoms with Crippen LogP contribution >= 0.6 is 0 Å². The lowest BCUT2D eigenvalue weighted by Gasteiger charge is -2.22. The van der Waals surface area contributed by atoms with Crippen LogP contribution in [0.25, 0.3) is 0 Å². The highest BCUT2D eigenvalue weighted by molar-refractivity contribution is 5.84. The first-order valence-electron chi connectivity index (χ1n) is 4.59. The van der Waals surface area contributed by atoms with Gasteiger partial charge in [0.15, 0.2) is 0 Å². The van der Waals surface area contributed by atoms with E-state index in [1.807, 2.05) is 0 Å². The summed E-state index contributed by atoms with van der Waals surface area (Å²) in [6.45, 7) is -1.16. The normalized spacial score (nSPS) is 13.0. The first kappa shape index (κ1) is 15.3. The Hall–Kier alpha value is -1.71. The number of alkyl halides is 6. The Morgan fingerprint density at radius 2 is 1.74 bits per heavy atom. The fourth-order valence-corrected chi connectivity index (χ4v) is 1.11. The van der Waals surface area contributed by atoms with Crippen LogP contribution in [0, 0.1) is 0 Å². The molecule has 0 aromatic carbocycles. The van der Waals surface area contributed by atoms with E-state index in [0.717, 1.165) is 12.1 Å². The van der Waals surface area contributed by atoms with Crippen LogP contribution in [0.3, 0.4) is 0 Å². The van der Waals surface area contributed by atoms with Gasteiger partial charge in [0, 0.05) is 0 Å². The summed E-state index contributed by atoms with van der Waals surface area (Å²) in [7, 11) is 0. The van der Waals surface area contributed by atoms with Crippen molar-refractivity contribution in [2.45, 2.75) is 25.1 Å². The predicted molar refractivity (Wildman–Crippen MR) is 46.4 cm³/mol. The van der Waals surface area contributed by atoms with Crippen molar-refractivity contribution in [1.82, 2.24) is 0 Å². The van der Waals surface area contributed by atoms with Gasteiger partial charge in [0.05, 0.1) is 0 Å². The van der Waals surface area contributed by atoms with Gasteiger partial charge in [0.2, 0.25) is 11.9 Å². The molecule has 4 nitrogen and oxygen atoms in total. The number of halogens is 6. The van der Waals surface area contributed by atoms with Crippen LogP contribution in [0.15, 0.2) is 16.5 Å². The van der Waals surface area contributed by atoms with Crippen molar-refractivity contribution in [2.75, 3.05) is 0 Å². The fourth-order valence-electron chi connectivity index (χ4n) is 1.11. The van der Waals surface area contributed by atoms with Crippen molar-refractivity contribution in [3.8, 4) is 0 Å². The van der Waals surface area contributed by atoms with Gasteiger partial charge < -0.3 is 14.3 Å². The number of rotatable bonds is 4. The molecule has 0 spiro atoms. The number of aromatic carboxylic acids is 1. The highest BCUT2D eigenvalue weighted by Gasteiger charge is 2.58. The Morgan fingerprint density at radius 1 is 1.21 bits per heavy atom. The molecule has 0 bridgehead atoms. The third kappa shape index (κ3) is 4.16. The quantitative estimate of drug-likeness (QED) is 0.867. The lowest BCUT2D eigenvalue weighted by molar-refractivity contribution is -0.325. The van der Waals surface area contributed by atoms with Crippen molar-refractivity contribution < 1.29 is 45.4 Å². The maximum Gasteiger partial charge on any atom is 0.423 e. The number of furan rings is 1. The second-order valence-corrected chi connectivity index (χ2v) is 3.35. The molecular weight excluding hydrogens is 286 g/mol. The molecule has 0 unspecified atom stereocenters. The van der Waals surface area contributed by atoms with Crippen LogP contribution in [0.5, 0.6) is 0 Å². The minimum absolute atomic E-state index is 0.462. The first-order chi connectivity index (χ1) is 8.51. The summed E-state index contributed by atoms with van der Waals surface area (Å²) in [5.74, 6) is -2.58. The number of hydrogen-bond acceptors (Lipinski definition) is 3. The first-order valence-corrected chi connectivity index (χ1v) is 4.59. The van der Waals surface area contributed by atoms with Crippen molar-refractivity contribution in [3.05, 3.63) is 23.7 Å². The summed E-state index contributed by atoms with van der Waals surface area (Å²) in [6.07, 6.45) is -15.2. The van der Waals surface area contributed by atoms with Crippen LogP contribution < -0.4 is 0 Å². The SMILES string of the molecule is O=C(O)c1ccc(COC(C(F)(F)F)C(F)(F)F)o1. The zero-order valence-corrected chi connectivity index (χ0v) is 8.88. The molecule has 0 aliphatic carbocycles. The Kier molecular flexibility index (Phi) is 4.13. The number of carboxylic acids is 1. The van der Waals surface area contributed by atoms with Gasteiger partial charge in [-0.15, -0.1) is 0 Å². The van der Waals surface area contributed by atoms with E-state index in [1.54, 1.807) is 0 Å². The minimum atomic E-state index is -5.62.